The van der Waals surface area contributed by atoms with Gasteiger partial charge in [-0.15, -0.1) is 0 Å². The van der Waals surface area contributed by atoms with Gasteiger partial charge in [0, 0.05) is 6.20 Å². The Morgan fingerprint density at radius 1 is 1.21 bits per heavy atom. The zero-order chi connectivity index (χ0) is 30.8. The number of fused-ring (bicyclic) bond motifs is 1. The van der Waals surface area contributed by atoms with Crippen LogP contribution in [0.2, 0.25) is 0 Å². The van der Waals surface area contributed by atoms with Gasteiger partial charge in [0.05, 0.1) is 12.7 Å². The molecule has 6 unspecified atom stereocenters. The molecule has 4 rings (SSSR count). The molecule has 4 N–H and O–H groups in total. The number of nitrogen functional groups attached to an aromatic ring is 1. The van der Waals surface area contributed by atoms with Crippen LogP contribution in [0, 0.1) is 0 Å². The molecule has 12 nitrogen and oxygen atoms in total. The summed E-state index contributed by atoms with van der Waals surface area (Å²) in [7, 11) is -4.76. The summed E-state index contributed by atoms with van der Waals surface area (Å²) in [5.74, 6) is -1.08. The highest BCUT2D eigenvalue weighted by atomic mass is 31.2. The van der Waals surface area contributed by atoms with Crippen LogP contribution >= 0.6 is 7.75 Å². The number of nitrogens with two attached hydrogens (primary N) is 1. The summed E-state index contributed by atoms with van der Waals surface area (Å²) in [6, 6.07) is 11.5. The molecule has 1 saturated heterocycles. The molecule has 0 saturated carbocycles. The summed E-state index contributed by atoms with van der Waals surface area (Å²) in [6.07, 6.45) is -10.3. The standard InChI is InChI=1S/C26H30F3N4O8P/c1-14(2)39-23(35)15(3)32-42(37,41-18-9-8-16-6-4-5-7-17(16)12-18)38-13-26(24(28)29)21(34)20(27)22(40-26)33-11-10-19(30)31-25(33)36/h4-12,14-15,20-22,24,34H,13H2,1-3H3,(H,32,37)(H2,30,31,36). The number of nitrogens with one attached hydrogen (secondary N) is 1. The Labute approximate surface area is 238 Å². The van der Waals surface area contributed by atoms with E-state index < -0.39 is 68.7 Å². The van der Waals surface area contributed by atoms with E-state index in [2.05, 4.69) is 10.1 Å². The Hall–Kier alpha value is -3.49. The van der Waals surface area contributed by atoms with Gasteiger partial charge in [-0.1, -0.05) is 30.3 Å². The topological polar surface area (TPSA) is 164 Å². The second-order valence-corrected chi connectivity index (χ2v) is 11.6. The fourth-order valence-corrected chi connectivity index (χ4v) is 5.76. The first kappa shape index (κ1) is 31.4. The monoisotopic (exact) mass is 614 g/mol. The van der Waals surface area contributed by atoms with Crippen LogP contribution in [0.1, 0.15) is 27.0 Å². The predicted octanol–water partition coefficient (Wildman–Crippen LogP) is 3.34. The summed E-state index contributed by atoms with van der Waals surface area (Å²) in [5.41, 5.74) is 1.20. The smallest absolute Gasteiger partial charge is 0.459 e. The van der Waals surface area contributed by atoms with Gasteiger partial charge in [-0.3, -0.25) is 13.9 Å². The van der Waals surface area contributed by atoms with Gasteiger partial charge in [0.1, 0.15) is 23.7 Å². The molecule has 42 heavy (non-hydrogen) atoms. The fraction of sp³-hybridized carbons (Fsp3) is 0.423. The van der Waals surface area contributed by atoms with E-state index in [4.69, 9.17) is 24.3 Å². The molecule has 1 aromatic heterocycles. The third-order valence-electron chi connectivity index (χ3n) is 6.37. The van der Waals surface area contributed by atoms with Crippen LogP contribution in [0.15, 0.2) is 59.5 Å². The normalized spacial score (nSPS) is 24.5. The third-order valence-corrected chi connectivity index (χ3v) is 8.00. The zero-order valence-electron chi connectivity index (χ0n) is 22.7. The highest BCUT2D eigenvalue weighted by molar-refractivity contribution is 7.52. The lowest BCUT2D eigenvalue weighted by atomic mass is 9.97. The van der Waals surface area contributed by atoms with Crippen LogP contribution in [-0.2, 0) is 23.4 Å². The van der Waals surface area contributed by atoms with Gasteiger partial charge in [0.2, 0.25) is 0 Å². The lowest BCUT2D eigenvalue weighted by Gasteiger charge is -2.32. The minimum atomic E-state index is -4.76. The molecule has 0 bridgehead atoms. The van der Waals surface area contributed by atoms with Crippen molar-refractivity contribution in [2.75, 3.05) is 12.3 Å². The van der Waals surface area contributed by atoms with E-state index in [1.807, 2.05) is 6.07 Å². The molecule has 0 amide bonds. The molecule has 3 aromatic rings. The number of ether oxygens (including phenoxy) is 2. The number of benzene rings is 2. The van der Waals surface area contributed by atoms with Crippen LogP contribution in [0.25, 0.3) is 10.8 Å². The first-order chi connectivity index (χ1) is 19.7. The number of rotatable bonds is 11. The van der Waals surface area contributed by atoms with Gasteiger partial charge in [-0.25, -0.2) is 22.5 Å². The molecule has 228 valence electrons. The minimum Gasteiger partial charge on any atom is -0.462 e. The van der Waals surface area contributed by atoms with Gasteiger partial charge >= 0.3 is 19.4 Å². The lowest BCUT2D eigenvalue weighted by molar-refractivity contribution is -0.192. The molecular weight excluding hydrogens is 584 g/mol. The first-order valence-corrected chi connectivity index (χ1v) is 14.3. The van der Waals surface area contributed by atoms with Crippen LogP contribution in [-0.4, -0.2) is 63.7 Å². The number of alkyl halides is 3. The summed E-state index contributed by atoms with van der Waals surface area (Å²) in [4.78, 5) is 28.1. The van der Waals surface area contributed by atoms with Crippen molar-refractivity contribution >= 4 is 30.3 Å². The van der Waals surface area contributed by atoms with E-state index in [-0.39, 0.29) is 11.6 Å². The van der Waals surface area contributed by atoms with Crippen LogP contribution in [0.5, 0.6) is 5.75 Å². The minimum absolute atomic E-state index is 0.0197. The van der Waals surface area contributed by atoms with Gasteiger partial charge in [-0.05, 0) is 49.7 Å². The largest absolute Gasteiger partial charge is 0.462 e. The Balaban J connectivity index is 1.65. The Bertz CT molecular complexity index is 1540. The van der Waals surface area contributed by atoms with Crippen molar-refractivity contribution in [3.8, 4) is 5.75 Å². The predicted molar refractivity (Wildman–Crippen MR) is 145 cm³/mol. The number of carbonyl (C=O) groups is 1. The Kier molecular flexibility index (Phi) is 9.28. The van der Waals surface area contributed by atoms with Crippen molar-refractivity contribution in [2.24, 2.45) is 0 Å². The summed E-state index contributed by atoms with van der Waals surface area (Å²) < 4.78 is 80.0. The second-order valence-electron chi connectivity index (χ2n) is 9.90. The number of aromatic nitrogens is 2. The Morgan fingerprint density at radius 2 is 1.90 bits per heavy atom. The molecule has 0 radical (unpaired) electrons. The van der Waals surface area contributed by atoms with Crippen molar-refractivity contribution in [1.82, 2.24) is 14.6 Å². The van der Waals surface area contributed by atoms with E-state index in [9.17, 15) is 28.0 Å². The van der Waals surface area contributed by atoms with E-state index >= 15 is 4.39 Å². The van der Waals surface area contributed by atoms with E-state index in [1.54, 1.807) is 38.1 Å². The van der Waals surface area contributed by atoms with E-state index in [0.717, 1.165) is 17.6 Å². The van der Waals surface area contributed by atoms with Crippen molar-refractivity contribution < 1.29 is 46.2 Å². The molecule has 2 aromatic carbocycles. The molecule has 1 aliphatic rings. The number of aliphatic hydroxyl groups is 1. The van der Waals surface area contributed by atoms with Gasteiger partial charge < -0.3 is 24.8 Å². The highest BCUT2D eigenvalue weighted by Crippen LogP contribution is 2.50. The maximum Gasteiger partial charge on any atom is 0.459 e. The highest BCUT2D eigenvalue weighted by Gasteiger charge is 2.62. The summed E-state index contributed by atoms with van der Waals surface area (Å²) in [5, 5.41) is 14.4. The quantitative estimate of drug-likeness (QED) is 0.214. The van der Waals surface area contributed by atoms with Crippen molar-refractivity contribution in [1.29, 1.82) is 0 Å². The SMILES string of the molecule is CC(C)OC(=O)C(C)NP(=O)(OCC1(C(F)F)OC(n2ccc(N)nc2=O)C(F)C1O)Oc1ccc2ccccc2c1. The number of carbonyl (C=O) groups excluding carboxylic acids is 1. The van der Waals surface area contributed by atoms with Gasteiger partial charge in [-0.2, -0.15) is 10.1 Å². The zero-order valence-corrected chi connectivity index (χ0v) is 23.6. The maximum atomic E-state index is 15.2. The first-order valence-electron chi connectivity index (χ1n) is 12.8. The van der Waals surface area contributed by atoms with Gasteiger partial charge in [0.25, 0.3) is 6.43 Å². The van der Waals surface area contributed by atoms with Crippen LogP contribution < -0.4 is 21.0 Å². The van der Waals surface area contributed by atoms with E-state index in [0.29, 0.717) is 9.95 Å². The summed E-state index contributed by atoms with van der Waals surface area (Å²) in [6.45, 7) is 3.07. The van der Waals surface area contributed by atoms with Gasteiger partial charge in [0.15, 0.2) is 18.0 Å². The third kappa shape index (κ3) is 6.60. The average Bonchev–Trinajstić information content (AvgIpc) is 3.17. The molecule has 1 aliphatic heterocycles. The number of hydrogen-bond acceptors (Lipinski definition) is 10. The molecule has 16 heteroatoms. The summed E-state index contributed by atoms with van der Waals surface area (Å²) >= 11 is 0. The van der Waals surface area contributed by atoms with Crippen LogP contribution in [0.4, 0.5) is 19.0 Å². The Morgan fingerprint density at radius 3 is 2.55 bits per heavy atom. The molecule has 2 heterocycles. The lowest BCUT2D eigenvalue weighted by Crippen LogP contribution is -2.52. The van der Waals surface area contributed by atoms with E-state index in [1.165, 1.54) is 19.1 Å². The molecule has 0 aliphatic carbocycles. The number of anilines is 1. The van der Waals surface area contributed by atoms with Crippen molar-refractivity contribution in [2.45, 2.75) is 63.4 Å². The molecule has 0 spiro atoms. The van der Waals surface area contributed by atoms with Crippen molar-refractivity contribution in [3.63, 3.8) is 0 Å². The van der Waals surface area contributed by atoms with Crippen molar-refractivity contribution in [3.05, 3.63) is 65.2 Å². The number of hydrogen-bond donors (Lipinski definition) is 3. The van der Waals surface area contributed by atoms with Crippen LogP contribution in [0.3, 0.4) is 0 Å². The molecular formula is C26H30F3N4O8P. The fourth-order valence-electron chi connectivity index (χ4n) is 4.24. The number of aliphatic hydroxyl groups excluding tert-OH is 1. The maximum absolute atomic E-state index is 15.2. The second kappa shape index (κ2) is 12.4. The number of nitrogens with zero attached hydrogens (tertiary/aromatic N) is 2. The molecule has 6 atom stereocenters. The number of esters is 1. The number of halogens is 3. The molecule has 1 fully saturated rings. The average molecular weight is 615 g/mol.